The number of hydrogen-bond donors (Lipinski definition) is 1. The molecule has 0 aliphatic heterocycles. The zero-order valence-corrected chi connectivity index (χ0v) is 11.1. The van der Waals surface area contributed by atoms with E-state index in [0.717, 1.165) is 6.07 Å². The lowest BCUT2D eigenvalue weighted by molar-refractivity contribution is 0.0403. The maximum absolute atomic E-state index is 13.7. The molecule has 1 aromatic rings. The summed E-state index contributed by atoms with van der Waals surface area (Å²) in [5.41, 5.74) is -0.830. The summed E-state index contributed by atoms with van der Waals surface area (Å²) < 4.78 is 27.4. The second-order valence-corrected chi connectivity index (χ2v) is 5.36. The zero-order valence-electron chi connectivity index (χ0n) is 9.52. The minimum Gasteiger partial charge on any atom is -0.388 e. The summed E-state index contributed by atoms with van der Waals surface area (Å²) in [7, 11) is 0. The number of rotatable bonds is 3. The summed E-state index contributed by atoms with van der Waals surface area (Å²) in [4.78, 5) is 0. The molecule has 1 aromatic carbocycles. The molecule has 90 valence electrons. The molecule has 0 heterocycles. The molecule has 1 atom stereocenters. The number of hydrogen-bond acceptors (Lipinski definition) is 1. The van der Waals surface area contributed by atoms with Gasteiger partial charge in [-0.1, -0.05) is 20.8 Å². The summed E-state index contributed by atoms with van der Waals surface area (Å²) >= 11 is 2.98. The Bertz CT molecular complexity index is 391. The Morgan fingerprint density at radius 1 is 1.38 bits per heavy atom. The quantitative estimate of drug-likeness (QED) is 0.828. The van der Waals surface area contributed by atoms with Crippen LogP contribution in [0.3, 0.4) is 0 Å². The minimum absolute atomic E-state index is 0.162. The molecule has 0 aliphatic carbocycles. The molecule has 0 bridgehead atoms. The van der Waals surface area contributed by atoms with Crippen molar-refractivity contribution >= 4 is 15.9 Å². The van der Waals surface area contributed by atoms with Gasteiger partial charge in [0.05, 0.1) is 16.1 Å². The molecular weight excluding hydrogens is 278 g/mol. The molecule has 1 unspecified atom stereocenters. The molecule has 0 amide bonds. The summed E-state index contributed by atoms with van der Waals surface area (Å²) in [6.45, 7) is 5.42. The minimum atomic E-state index is -1.16. The highest BCUT2D eigenvalue weighted by molar-refractivity contribution is 9.10. The van der Waals surface area contributed by atoms with Crippen molar-refractivity contribution in [2.75, 3.05) is 0 Å². The lowest BCUT2D eigenvalue weighted by Crippen LogP contribution is -2.23. The second-order valence-electron chi connectivity index (χ2n) is 4.50. The van der Waals surface area contributed by atoms with Crippen LogP contribution in [0.4, 0.5) is 8.78 Å². The molecule has 0 saturated heterocycles. The molecule has 0 aromatic heterocycles. The van der Waals surface area contributed by atoms with Crippen molar-refractivity contribution in [3.8, 4) is 0 Å². The summed E-state index contributed by atoms with van der Waals surface area (Å²) in [5, 5.41) is 10.0. The van der Waals surface area contributed by atoms with Crippen molar-refractivity contribution in [2.24, 2.45) is 5.41 Å². The zero-order chi connectivity index (χ0) is 12.5. The van der Waals surface area contributed by atoms with Gasteiger partial charge < -0.3 is 5.11 Å². The normalized spacial score (nSPS) is 13.9. The Morgan fingerprint density at radius 3 is 2.44 bits per heavy atom. The van der Waals surface area contributed by atoms with E-state index < -0.39 is 23.2 Å². The molecule has 0 aliphatic rings. The predicted molar refractivity (Wildman–Crippen MR) is 63.1 cm³/mol. The van der Waals surface area contributed by atoms with Gasteiger partial charge in [0.15, 0.2) is 0 Å². The van der Waals surface area contributed by atoms with E-state index in [1.165, 1.54) is 6.07 Å². The average molecular weight is 293 g/mol. The first-order valence-corrected chi connectivity index (χ1v) is 5.92. The molecule has 1 nitrogen and oxygen atoms in total. The molecule has 0 spiro atoms. The third kappa shape index (κ3) is 2.43. The SMILES string of the molecule is CCC(C)(C)C(O)c1c(F)ccc(Br)c1F. The van der Waals surface area contributed by atoms with Crippen molar-refractivity contribution < 1.29 is 13.9 Å². The molecule has 1 N–H and O–H groups in total. The molecule has 16 heavy (non-hydrogen) atoms. The largest absolute Gasteiger partial charge is 0.388 e. The van der Waals surface area contributed by atoms with E-state index in [2.05, 4.69) is 15.9 Å². The first-order valence-electron chi connectivity index (χ1n) is 5.12. The van der Waals surface area contributed by atoms with Crippen LogP contribution in [0.1, 0.15) is 38.9 Å². The van der Waals surface area contributed by atoms with Crippen LogP contribution < -0.4 is 0 Å². The van der Waals surface area contributed by atoms with Crippen molar-refractivity contribution in [2.45, 2.75) is 33.3 Å². The van der Waals surface area contributed by atoms with E-state index in [1.54, 1.807) is 13.8 Å². The monoisotopic (exact) mass is 292 g/mol. The van der Waals surface area contributed by atoms with Crippen molar-refractivity contribution in [3.63, 3.8) is 0 Å². The van der Waals surface area contributed by atoms with Gasteiger partial charge in [-0.2, -0.15) is 0 Å². The van der Waals surface area contributed by atoms with Crippen LogP contribution in [0.15, 0.2) is 16.6 Å². The smallest absolute Gasteiger partial charge is 0.146 e. The second kappa shape index (κ2) is 4.80. The van der Waals surface area contributed by atoms with E-state index in [4.69, 9.17) is 0 Å². The molecule has 0 fully saturated rings. The van der Waals surface area contributed by atoms with Gasteiger partial charge in [0.2, 0.25) is 0 Å². The lowest BCUT2D eigenvalue weighted by atomic mass is 9.80. The maximum atomic E-state index is 13.7. The fraction of sp³-hybridized carbons (Fsp3) is 0.500. The highest BCUT2D eigenvalue weighted by Crippen LogP contribution is 2.39. The van der Waals surface area contributed by atoms with Gasteiger partial charge in [-0.3, -0.25) is 0 Å². The summed E-state index contributed by atoms with van der Waals surface area (Å²) in [6.07, 6.45) is -0.533. The Kier molecular flexibility index (Phi) is 4.07. The van der Waals surface area contributed by atoms with Gasteiger partial charge in [-0.25, -0.2) is 8.78 Å². The van der Waals surface area contributed by atoms with Crippen LogP contribution in [0.5, 0.6) is 0 Å². The van der Waals surface area contributed by atoms with Gasteiger partial charge in [0.25, 0.3) is 0 Å². The van der Waals surface area contributed by atoms with E-state index in [9.17, 15) is 13.9 Å². The first-order chi connectivity index (χ1) is 7.31. The van der Waals surface area contributed by atoms with E-state index in [1.807, 2.05) is 6.92 Å². The fourth-order valence-corrected chi connectivity index (χ4v) is 1.72. The highest BCUT2D eigenvalue weighted by atomic mass is 79.9. The van der Waals surface area contributed by atoms with E-state index in [-0.39, 0.29) is 10.0 Å². The van der Waals surface area contributed by atoms with Crippen LogP contribution >= 0.6 is 15.9 Å². The van der Waals surface area contributed by atoms with Crippen LogP contribution in [-0.4, -0.2) is 5.11 Å². The molecular formula is C12H15BrF2O. The van der Waals surface area contributed by atoms with Gasteiger partial charge >= 0.3 is 0 Å². The van der Waals surface area contributed by atoms with Crippen LogP contribution in [-0.2, 0) is 0 Å². The number of aliphatic hydroxyl groups excluding tert-OH is 1. The van der Waals surface area contributed by atoms with Crippen LogP contribution in [0, 0.1) is 17.0 Å². The Hall–Kier alpha value is -0.480. The molecule has 0 saturated carbocycles. The number of aliphatic hydroxyl groups is 1. The van der Waals surface area contributed by atoms with E-state index in [0.29, 0.717) is 6.42 Å². The third-order valence-corrected chi connectivity index (χ3v) is 3.62. The first kappa shape index (κ1) is 13.6. The predicted octanol–water partition coefficient (Wildman–Crippen LogP) is 4.20. The molecule has 1 rings (SSSR count). The fourth-order valence-electron chi connectivity index (χ4n) is 1.38. The van der Waals surface area contributed by atoms with Crippen molar-refractivity contribution in [3.05, 3.63) is 33.8 Å². The Labute approximate surface area is 103 Å². The maximum Gasteiger partial charge on any atom is 0.146 e. The van der Waals surface area contributed by atoms with E-state index >= 15 is 0 Å². The van der Waals surface area contributed by atoms with Gasteiger partial charge in [0.1, 0.15) is 11.6 Å². The summed E-state index contributed by atoms with van der Waals surface area (Å²) in [6, 6.07) is 2.44. The van der Waals surface area contributed by atoms with Crippen molar-refractivity contribution in [1.29, 1.82) is 0 Å². The van der Waals surface area contributed by atoms with Crippen molar-refractivity contribution in [1.82, 2.24) is 0 Å². The highest BCUT2D eigenvalue weighted by Gasteiger charge is 2.32. The average Bonchev–Trinajstić information content (AvgIpc) is 2.24. The molecule has 0 radical (unpaired) electrons. The summed E-state index contributed by atoms with van der Waals surface area (Å²) in [5.74, 6) is -1.44. The standard InChI is InChI=1S/C12H15BrF2O/c1-4-12(2,3)11(16)9-8(14)6-5-7(13)10(9)15/h5-6,11,16H,4H2,1-3H3. The Balaban J connectivity index is 3.28. The van der Waals surface area contributed by atoms with Gasteiger partial charge in [-0.05, 0) is 39.9 Å². The molecule has 4 heteroatoms. The van der Waals surface area contributed by atoms with Gasteiger partial charge in [0, 0.05) is 0 Å². The van der Waals surface area contributed by atoms with Crippen LogP contribution in [0.2, 0.25) is 0 Å². The Morgan fingerprint density at radius 2 is 1.94 bits per heavy atom. The van der Waals surface area contributed by atoms with Crippen LogP contribution in [0.25, 0.3) is 0 Å². The topological polar surface area (TPSA) is 20.2 Å². The number of benzene rings is 1. The third-order valence-electron chi connectivity index (χ3n) is 3.00. The number of halogens is 3. The lowest BCUT2D eigenvalue weighted by Gasteiger charge is -2.30. The van der Waals surface area contributed by atoms with Gasteiger partial charge in [-0.15, -0.1) is 0 Å².